The number of rotatable bonds is 5. The van der Waals surface area contributed by atoms with Crippen LogP contribution in [0.3, 0.4) is 0 Å². The zero-order valence-corrected chi connectivity index (χ0v) is 20.0. The Morgan fingerprint density at radius 2 is 1.61 bits per heavy atom. The fourth-order valence-corrected chi connectivity index (χ4v) is 4.99. The number of imidazole rings is 2. The molecule has 10 heteroatoms. The van der Waals surface area contributed by atoms with Gasteiger partial charge in [-0.15, -0.1) is 12.4 Å². The van der Waals surface area contributed by atoms with Crippen LogP contribution in [0.1, 0.15) is 30.9 Å². The molecule has 0 spiro atoms. The van der Waals surface area contributed by atoms with Crippen molar-refractivity contribution in [2.24, 2.45) is 0 Å². The molecule has 1 aliphatic rings. The highest BCUT2D eigenvalue weighted by Gasteiger charge is 2.23. The van der Waals surface area contributed by atoms with Gasteiger partial charge in [0.15, 0.2) is 0 Å². The van der Waals surface area contributed by atoms with E-state index in [4.69, 9.17) is 11.6 Å². The minimum atomic E-state index is -0.0651. The van der Waals surface area contributed by atoms with E-state index < -0.39 is 0 Å². The van der Waals surface area contributed by atoms with Crippen LogP contribution >= 0.6 is 24.0 Å². The number of fused-ring (bicyclic) bond motifs is 2. The number of aryl methyl sites for hydroxylation is 2. The predicted molar refractivity (Wildman–Crippen MR) is 135 cm³/mol. The minimum absolute atomic E-state index is 0. The first kappa shape index (κ1) is 25.1. The molecule has 0 radical (unpaired) electrons. The summed E-state index contributed by atoms with van der Waals surface area (Å²) in [4.78, 5) is 33.1. The zero-order chi connectivity index (χ0) is 21.5. The summed E-state index contributed by atoms with van der Waals surface area (Å²) in [7, 11) is 0. The van der Waals surface area contributed by atoms with Crippen molar-refractivity contribution in [3.05, 3.63) is 68.0 Å². The van der Waals surface area contributed by atoms with Crippen molar-refractivity contribution in [1.29, 1.82) is 0 Å². The third-order valence-electron chi connectivity index (χ3n) is 6.39. The number of likely N-dealkylation sites (tertiary alicyclic amines) is 1. The van der Waals surface area contributed by atoms with Gasteiger partial charge in [-0.3, -0.25) is 9.13 Å². The number of benzene rings is 2. The highest BCUT2D eigenvalue weighted by atomic mass is 35.5. The number of nitrogens with zero attached hydrogens (tertiary/aromatic N) is 3. The number of nitrogens with one attached hydrogen (secondary N) is 2. The SMILES string of the molecule is Cc1ccc2c(c1)[nH]c(=O)n2CCCN1CCC(n2c(=O)[nH]c3cc(Cl)ccc32)CC1.Cl.O. The lowest BCUT2D eigenvalue weighted by atomic mass is 10.0. The summed E-state index contributed by atoms with van der Waals surface area (Å²) in [5, 5.41) is 0.625. The van der Waals surface area contributed by atoms with Crippen molar-refractivity contribution in [2.75, 3.05) is 19.6 Å². The first-order chi connectivity index (χ1) is 15.0. The van der Waals surface area contributed by atoms with Crippen LogP contribution in [-0.2, 0) is 6.54 Å². The van der Waals surface area contributed by atoms with Crippen LogP contribution in [0.2, 0.25) is 5.02 Å². The van der Waals surface area contributed by atoms with Crippen molar-refractivity contribution < 1.29 is 5.48 Å². The Labute approximate surface area is 201 Å². The molecule has 0 atom stereocenters. The van der Waals surface area contributed by atoms with Gasteiger partial charge >= 0.3 is 11.4 Å². The van der Waals surface area contributed by atoms with Crippen LogP contribution in [0, 0.1) is 6.92 Å². The summed E-state index contributed by atoms with van der Waals surface area (Å²) >= 11 is 6.06. The second kappa shape index (κ2) is 10.2. The van der Waals surface area contributed by atoms with E-state index in [1.165, 1.54) is 0 Å². The zero-order valence-electron chi connectivity index (χ0n) is 18.4. The molecule has 0 unspecified atom stereocenters. The van der Waals surface area contributed by atoms with Crippen molar-refractivity contribution in [3.63, 3.8) is 0 Å². The highest BCUT2D eigenvalue weighted by Crippen LogP contribution is 2.26. The predicted octanol–water partition coefficient (Wildman–Crippen LogP) is 3.26. The van der Waals surface area contributed by atoms with Gasteiger partial charge in [0, 0.05) is 30.7 Å². The van der Waals surface area contributed by atoms with Crippen molar-refractivity contribution in [2.45, 2.75) is 38.8 Å². The number of H-pyrrole nitrogens is 2. The molecule has 0 amide bonds. The first-order valence-corrected chi connectivity index (χ1v) is 11.2. The smallest absolute Gasteiger partial charge is 0.326 e. The molecule has 4 aromatic rings. The first-order valence-electron chi connectivity index (χ1n) is 10.8. The molecule has 3 heterocycles. The summed E-state index contributed by atoms with van der Waals surface area (Å²) in [6.45, 7) is 5.55. The average Bonchev–Trinajstić information content (AvgIpc) is 3.23. The molecule has 2 aromatic heterocycles. The molecule has 178 valence electrons. The maximum Gasteiger partial charge on any atom is 0.326 e. The monoisotopic (exact) mass is 493 g/mol. The van der Waals surface area contributed by atoms with Gasteiger partial charge in [-0.25, -0.2) is 9.59 Å². The lowest BCUT2D eigenvalue weighted by molar-refractivity contribution is 0.183. The van der Waals surface area contributed by atoms with Crippen molar-refractivity contribution in [1.82, 2.24) is 24.0 Å². The van der Waals surface area contributed by atoms with Gasteiger partial charge in [-0.2, -0.15) is 0 Å². The van der Waals surface area contributed by atoms with E-state index in [1.54, 1.807) is 6.07 Å². The van der Waals surface area contributed by atoms with Crippen LogP contribution < -0.4 is 11.4 Å². The molecule has 33 heavy (non-hydrogen) atoms. The molecule has 0 bridgehead atoms. The second-order valence-corrected chi connectivity index (χ2v) is 8.93. The fourth-order valence-electron chi connectivity index (χ4n) is 4.82. The Balaban J connectivity index is 0.00000153. The summed E-state index contributed by atoms with van der Waals surface area (Å²) in [6.07, 6.45) is 2.78. The fraction of sp³-hybridized carbons (Fsp3) is 0.391. The van der Waals surface area contributed by atoms with Gasteiger partial charge in [0.2, 0.25) is 0 Å². The molecule has 5 rings (SSSR count). The molecule has 0 aliphatic carbocycles. The quantitative estimate of drug-likeness (QED) is 0.444. The maximum absolute atomic E-state index is 12.5. The van der Waals surface area contributed by atoms with E-state index in [9.17, 15) is 9.59 Å². The van der Waals surface area contributed by atoms with Crippen LogP contribution in [0.5, 0.6) is 0 Å². The summed E-state index contributed by atoms with van der Waals surface area (Å²) in [5.74, 6) is 0. The third kappa shape index (κ3) is 4.89. The number of hydrogen-bond donors (Lipinski definition) is 2. The maximum atomic E-state index is 12.5. The van der Waals surface area contributed by atoms with Gasteiger partial charge in [0.05, 0.1) is 22.1 Å². The topological polar surface area (TPSA) is 110 Å². The van der Waals surface area contributed by atoms with Crippen LogP contribution in [0.25, 0.3) is 22.1 Å². The van der Waals surface area contributed by atoms with Gasteiger partial charge in [0.1, 0.15) is 0 Å². The second-order valence-electron chi connectivity index (χ2n) is 8.49. The molecule has 8 nitrogen and oxygen atoms in total. The average molecular weight is 494 g/mol. The van der Waals surface area contributed by atoms with Gasteiger partial charge in [-0.1, -0.05) is 17.7 Å². The van der Waals surface area contributed by atoms with E-state index in [0.717, 1.165) is 66.5 Å². The van der Waals surface area contributed by atoms with Gasteiger partial charge in [0.25, 0.3) is 0 Å². The largest absolute Gasteiger partial charge is 0.412 e. The Bertz CT molecular complexity index is 1360. The van der Waals surface area contributed by atoms with E-state index in [-0.39, 0.29) is 35.3 Å². The highest BCUT2D eigenvalue weighted by molar-refractivity contribution is 6.31. The van der Waals surface area contributed by atoms with E-state index in [1.807, 2.05) is 46.4 Å². The number of aromatic nitrogens is 4. The Morgan fingerprint density at radius 3 is 2.36 bits per heavy atom. The molecule has 1 aliphatic heterocycles. The number of hydrogen-bond acceptors (Lipinski definition) is 3. The molecular weight excluding hydrogens is 465 g/mol. The van der Waals surface area contributed by atoms with Gasteiger partial charge in [-0.05, 0) is 68.6 Å². The molecule has 1 fully saturated rings. The van der Waals surface area contributed by atoms with E-state index in [2.05, 4.69) is 14.9 Å². The summed E-state index contributed by atoms with van der Waals surface area (Å²) in [6, 6.07) is 11.8. The lowest BCUT2D eigenvalue weighted by Gasteiger charge is -2.32. The summed E-state index contributed by atoms with van der Waals surface area (Å²) in [5.41, 5.74) is 4.61. The van der Waals surface area contributed by atoms with Gasteiger partial charge < -0.3 is 20.3 Å². The number of halogens is 2. The van der Waals surface area contributed by atoms with Crippen molar-refractivity contribution >= 4 is 46.1 Å². The Hall–Kier alpha value is -2.52. The molecular formula is C23H29Cl2N5O3. The molecule has 1 saturated heterocycles. The number of piperidine rings is 1. The minimum Gasteiger partial charge on any atom is -0.412 e. The van der Waals surface area contributed by atoms with E-state index in [0.29, 0.717) is 11.6 Å². The van der Waals surface area contributed by atoms with Crippen molar-refractivity contribution in [3.8, 4) is 0 Å². The number of aromatic amines is 2. The van der Waals surface area contributed by atoms with Crippen LogP contribution in [0.4, 0.5) is 0 Å². The standard InChI is InChI=1S/C23H26ClN5O2.ClH.H2O/c1-15-3-5-20-18(13-15)25-22(30)28(20)10-2-9-27-11-7-17(8-12-27)29-21-6-4-16(24)14-19(21)26-23(29)31;;/h3-6,13-14,17H,2,7-12H2,1H3,(H,25,30)(H,26,31);1H;1H2. The molecule has 2 aromatic carbocycles. The molecule has 4 N–H and O–H groups in total. The Kier molecular flexibility index (Phi) is 7.74. The van der Waals surface area contributed by atoms with Crippen LogP contribution in [0.15, 0.2) is 46.0 Å². The van der Waals surface area contributed by atoms with E-state index >= 15 is 0 Å². The normalized spacial score (nSPS) is 15.0. The molecule has 0 saturated carbocycles. The Morgan fingerprint density at radius 1 is 0.939 bits per heavy atom. The summed E-state index contributed by atoms with van der Waals surface area (Å²) < 4.78 is 3.72. The van der Waals surface area contributed by atoms with Crippen LogP contribution in [-0.4, -0.2) is 49.1 Å². The lowest BCUT2D eigenvalue weighted by Crippen LogP contribution is -2.37. The third-order valence-corrected chi connectivity index (χ3v) is 6.62.